The minimum atomic E-state index is -0.444. The van der Waals surface area contributed by atoms with E-state index in [9.17, 15) is 4.79 Å². The number of carbonyl (C=O) groups excluding carboxylic acids is 1. The smallest absolute Gasteiger partial charge is 0.252 e. The molecule has 1 aromatic carbocycles. The topological polar surface area (TPSA) is 26.3 Å². The lowest BCUT2D eigenvalue weighted by Gasteiger charge is -2.13. The Morgan fingerprint density at radius 3 is 2.14 bits per heavy atom. The van der Waals surface area contributed by atoms with Crippen molar-refractivity contribution in [2.75, 3.05) is 0 Å². The van der Waals surface area contributed by atoms with Gasteiger partial charge in [-0.2, -0.15) is 0 Å². The molecule has 0 aliphatic heterocycles. The maximum absolute atomic E-state index is 11.0. The van der Waals surface area contributed by atoms with Gasteiger partial charge in [-0.25, -0.2) is 0 Å². The third-order valence-corrected chi connectivity index (χ3v) is 4.49. The zero-order valence-corrected chi connectivity index (χ0v) is 15.7. The molecule has 0 saturated carbocycles. The van der Waals surface area contributed by atoms with E-state index in [2.05, 4.69) is 22.9 Å². The molecule has 0 aliphatic carbocycles. The zero-order chi connectivity index (χ0) is 16.2. The molecular formula is C18H26BrClO2. The highest BCUT2D eigenvalue weighted by atomic mass is 79.9. The van der Waals surface area contributed by atoms with E-state index in [1.165, 1.54) is 51.4 Å². The van der Waals surface area contributed by atoms with Crippen molar-refractivity contribution in [2.45, 2.75) is 69.7 Å². The van der Waals surface area contributed by atoms with Crippen LogP contribution in [0, 0.1) is 0 Å². The largest absolute Gasteiger partial charge is 0.479 e. The Morgan fingerprint density at radius 2 is 1.59 bits per heavy atom. The van der Waals surface area contributed by atoms with E-state index in [1.807, 2.05) is 0 Å². The lowest BCUT2D eigenvalue weighted by Crippen LogP contribution is -2.07. The Kier molecular flexibility index (Phi) is 10.6. The second kappa shape index (κ2) is 12.0. The molecule has 0 aliphatic rings. The van der Waals surface area contributed by atoms with Crippen LogP contribution in [0.4, 0.5) is 0 Å². The molecule has 0 bridgehead atoms. The van der Waals surface area contributed by atoms with Gasteiger partial charge in [0, 0.05) is 5.56 Å². The van der Waals surface area contributed by atoms with Crippen molar-refractivity contribution in [1.29, 1.82) is 0 Å². The summed E-state index contributed by atoms with van der Waals surface area (Å²) in [5.74, 6) is 0.753. The number of alkyl halides is 1. The SMILES string of the molecule is CCCCCCCCCCC(Br)Oc1ccc(C(=O)Cl)cc1. The van der Waals surface area contributed by atoms with Crippen molar-refractivity contribution in [1.82, 2.24) is 0 Å². The van der Waals surface area contributed by atoms with E-state index < -0.39 is 5.24 Å². The van der Waals surface area contributed by atoms with Gasteiger partial charge in [-0.15, -0.1) is 0 Å². The number of halogens is 2. The molecule has 0 aromatic heterocycles. The summed E-state index contributed by atoms with van der Waals surface area (Å²) < 4.78 is 5.77. The molecule has 1 aromatic rings. The molecule has 0 fully saturated rings. The monoisotopic (exact) mass is 388 g/mol. The number of benzene rings is 1. The average molecular weight is 390 g/mol. The predicted molar refractivity (Wildman–Crippen MR) is 97.2 cm³/mol. The van der Waals surface area contributed by atoms with E-state index >= 15 is 0 Å². The first kappa shape index (κ1) is 19.5. The lowest BCUT2D eigenvalue weighted by atomic mass is 10.1. The normalized spacial score (nSPS) is 12.1. The molecule has 0 amide bonds. The molecule has 1 unspecified atom stereocenters. The lowest BCUT2D eigenvalue weighted by molar-refractivity contribution is 0.108. The van der Waals surface area contributed by atoms with Crippen LogP contribution >= 0.6 is 27.5 Å². The molecule has 0 N–H and O–H groups in total. The Bertz CT molecular complexity index is 420. The van der Waals surface area contributed by atoms with Crippen molar-refractivity contribution in [3.05, 3.63) is 29.8 Å². The molecular weight excluding hydrogens is 364 g/mol. The minimum Gasteiger partial charge on any atom is -0.479 e. The third-order valence-electron chi connectivity index (χ3n) is 3.63. The summed E-state index contributed by atoms with van der Waals surface area (Å²) in [4.78, 5) is 11.0. The highest BCUT2D eigenvalue weighted by Gasteiger charge is 2.07. The van der Waals surface area contributed by atoms with Crippen LogP contribution in [0.25, 0.3) is 0 Å². The van der Waals surface area contributed by atoms with Crippen molar-refractivity contribution in [2.24, 2.45) is 0 Å². The summed E-state index contributed by atoms with van der Waals surface area (Å²) in [5, 5.41) is -0.425. The second-order valence-corrected chi connectivity index (χ2v) is 6.95. The van der Waals surface area contributed by atoms with Gasteiger partial charge in [-0.1, -0.05) is 51.9 Å². The van der Waals surface area contributed by atoms with E-state index in [0.717, 1.165) is 12.2 Å². The first-order valence-electron chi connectivity index (χ1n) is 8.24. The molecule has 0 radical (unpaired) electrons. The zero-order valence-electron chi connectivity index (χ0n) is 13.3. The Morgan fingerprint density at radius 1 is 1.05 bits per heavy atom. The van der Waals surface area contributed by atoms with Crippen LogP contribution in [-0.2, 0) is 0 Å². The van der Waals surface area contributed by atoms with E-state index in [1.54, 1.807) is 24.3 Å². The number of rotatable bonds is 12. The quantitative estimate of drug-likeness (QED) is 0.226. The van der Waals surface area contributed by atoms with Crippen LogP contribution in [0.5, 0.6) is 5.75 Å². The summed E-state index contributed by atoms with van der Waals surface area (Å²) >= 11 is 8.96. The average Bonchev–Trinajstić information content (AvgIpc) is 2.50. The van der Waals surface area contributed by atoms with Crippen molar-refractivity contribution in [3.8, 4) is 5.75 Å². The number of hydrogen-bond donors (Lipinski definition) is 0. The Hall–Kier alpha value is -0.540. The van der Waals surface area contributed by atoms with Crippen LogP contribution in [0.1, 0.15) is 75.1 Å². The first-order valence-corrected chi connectivity index (χ1v) is 9.53. The number of unbranched alkanes of at least 4 members (excludes halogenated alkanes) is 7. The molecule has 0 heterocycles. The summed E-state index contributed by atoms with van der Waals surface area (Å²) in [6.07, 6.45) is 11.5. The molecule has 1 atom stereocenters. The van der Waals surface area contributed by atoms with E-state index in [4.69, 9.17) is 16.3 Å². The van der Waals surface area contributed by atoms with Gasteiger partial charge in [0.15, 0.2) is 5.01 Å². The van der Waals surface area contributed by atoms with Gasteiger partial charge in [0.2, 0.25) is 0 Å². The first-order chi connectivity index (χ1) is 10.6. The van der Waals surface area contributed by atoms with Gasteiger partial charge < -0.3 is 4.74 Å². The summed E-state index contributed by atoms with van der Waals surface area (Å²) in [6, 6.07) is 6.91. The second-order valence-electron chi connectivity index (χ2n) is 5.59. The maximum atomic E-state index is 11.0. The summed E-state index contributed by atoms with van der Waals surface area (Å²) in [5.41, 5.74) is 0.489. The molecule has 4 heteroatoms. The fraction of sp³-hybridized carbons (Fsp3) is 0.611. The van der Waals surface area contributed by atoms with Crippen LogP contribution in [0.2, 0.25) is 0 Å². The Balaban J connectivity index is 2.10. The molecule has 2 nitrogen and oxygen atoms in total. The number of hydrogen-bond acceptors (Lipinski definition) is 2. The Labute approximate surface area is 147 Å². The van der Waals surface area contributed by atoms with Crippen LogP contribution in [0.15, 0.2) is 24.3 Å². The van der Waals surface area contributed by atoms with Gasteiger partial charge in [0.25, 0.3) is 5.24 Å². The van der Waals surface area contributed by atoms with Gasteiger partial charge in [-0.05, 0) is 64.6 Å². The molecule has 0 spiro atoms. The van der Waals surface area contributed by atoms with E-state index in [0.29, 0.717) is 5.56 Å². The third kappa shape index (κ3) is 8.79. The summed E-state index contributed by atoms with van der Waals surface area (Å²) in [7, 11) is 0. The highest BCUT2D eigenvalue weighted by molar-refractivity contribution is 9.09. The molecule has 124 valence electrons. The van der Waals surface area contributed by atoms with Gasteiger partial charge in [-0.3, -0.25) is 4.79 Å². The molecule has 22 heavy (non-hydrogen) atoms. The van der Waals surface area contributed by atoms with Crippen LogP contribution in [-0.4, -0.2) is 10.3 Å². The standard InChI is InChI=1S/C18H26BrClO2/c1-2-3-4-5-6-7-8-9-10-17(19)22-16-13-11-15(12-14-16)18(20)21/h11-14,17H,2-10H2,1H3. The number of carbonyl (C=O) groups is 1. The molecule has 1 rings (SSSR count). The van der Waals surface area contributed by atoms with Crippen LogP contribution in [0.3, 0.4) is 0 Å². The van der Waals surface area contributed by atoms with Crippen molar-refractivity contribution >= 4 is 32.8 Å². The molecule has 0 saturated heterocycles. The summed E-state index contributed by atoms with van der Waals surface area (Å²) in [6.45, 7) is 2.25. The van der Waals surface area contributed by atoms with Gasteiger partial charge in [0.1, 0.15) is 5.75 Å². The fourth-order valence-corrected chi connectivity index (χ4v) is 2.98. The van der Waals surface area contributed by atoms with Gasteiger partial charge in [0.05, 0.1) is 0 Å². The van der Waals surface area contributed by atoms with Crippen molar-refractivity contribution in [3.63, 3.8) is 0 Å². The minimum absolute atomic E-state index is 0.0187. The van der Waals surface area contributed by atoms with Crippen molar-refractivity contribution < 1.29 is 9.53 Å². The fourth-order valence-electron chi connectivity index (χ4n) is 2.31. The van der Waals surface area contributed by atoms with E-state index in [-0.39, 0.29) is 5.01 Å². The van der Waals surface area contributed by atoms with Crippen LogP contribution < -0.4 is 4.74 Å². The maximum Gasteiger partial charge on any atom is 0.252 e. The van der Waals surface area contributed by atoms with Gasteiger partial charge >= 0.3 is 0 Å². The number of ether oxygens (including phenoxy) is 1. The highest BCUT2D eigenvalue weighted by Crippen LogP contribution is 2.20. The predicted octanol–water partition coefficient (Wildman–Crippen LogP) is 6.70.